The van der Waals surface area contributed by atoms with Crippen molar-refractivity contribution in [2.45, 2.75) is 32.7 Å². The maximum atomic E-state index is 12.2. The molecule has 1 atom stereocenters. The van der Waals surface area contributed by atoms with Gasteiger partial charge in [0.1, 0.15) is 0 Å². The Morgan fingerprint density at radius 3 is 2.95 bits per heavy atom. The van der Waals surface area contributed by atoms with E-state index in [0.717, 1.165) is 18.4 Å². The predicted molar refractivity (Wildman–Crippen MR) is 77.3 cm³/mol. The molecule has 0 aliphatic carbocycles. The molecule has 0 bridgehead atoms. The number of ether oxygens (including phenoxy) is 1. The molecule has 0 saturated carbocycles. The number of rotatable bonds is 5. The van der Waals surface area contributed by atoms with Gasteiger partial charge >= 0.3 is 12.0 Å². The zero-order valence-electron chi connectivity index (χ0n) is 11.6. The van der Waals surface area contributed by atoms with Gasteiger partial charge in [-0.2, -0.15) is 11.3 Å². The van der Waals surface area contributed by atoms with Crippen LogP contribution in [0.3, 0.4) is 0 Å². The fraction of sp³-hybridized carbons (Fsp3) is 0.429. The Hall–Kier alpha value is -1.82. The Morgan fingerprint density at radius 2 is 2.30 bits per heavy atom. The van der Waals surface area contributed by atoms with E-state index in [1.165, 1.54) is 11.3 Å². The number of hydrogen-bond donors (Lipinski definition) is 2. The molecule has 1 aromatic rings. The largest absolute Gasteiger partial charge is 0.462 e. The van der Waals surface area contributed by atoms with E-state index in [9.17, 15) is 9.59 Å². The molecule has 2 amide bonds. The van der Waals surface area contributed by atoms with Crippen molar-refractivity contribution in [3.63, 3.8) is 0 Å². The standard InChI is InChI=1S/C14H18N2O3S/c1-3-4-6-19-13(17)11-9(2)15-14(18)16-12(11)10-5-7-20-8-10/h5,7-8,12H,3-4,6H2,1-2H3,(H2,15,16,18). The van der Waals surface area contributed by atoms with Crippen molar-refractivity contribution in [1.82, 2.24) is 10.6 Å². The zero-order valence-corrected chi connectivity index (χ0v) is 12.4. The van der Waals surface area contributed by atoms with E-state index in [2.05, 4.69) is 10.6 Å². The molecule has 0 fully saturated rings. The molecule has 0 spiro atoms. The van der Waals surface area contributed by atoms with Gasteiger partial charge < -0.3 is 15.4 Å². The first-order chi connectivity index (χ1) is 9.63. The number of esters is 1. The highest BCUT2D eigenvalue weighted by molar-refractivity contribution is 7.08. The van der Waals surface area contributed by atoms with Crippen LogP contribution in [0.15, 0.2) is 28.1 Å². The van der Waals surface area contributed by atoms with Crippen LogP contribution >= 0.6 is 11.3 Å². The zero-order chi connectivity index (χ0) is 14.5. The number of hydrogen-bond acceptors (Lipinski definition) is 4. The van der Waals surface area contributed by atoms with Gasteiger partial charge in [0.15, 0.2) is 0 Å². The van der Waals surface area contributed by atoms with Crippen molar-refractivity contribution < 1.29 is 14.3 Å². The Morgan fingerprint density at radius 1 is 1.50 bits per heavy atom. The van der Waals surface area contributed by atoms with E-state index in [1.54, 1.807) is 6.92 Å². The summed E-state index contributed by atoms with van der Waals surface area (Å²) >= 11 is 1.52. The highest BCUT2D eigenvalue weighted by Gasteiger charge is 2.32. The number of thiophene rings is 1. The van der Waals surface area contributed by atoms with E-state index in [0.29, 0.717) is 17.9 Å². The van der Waals surface area contributed by atoms with Crippen molar-refractivity contribution in [1.29, 1.82) is 0 Å². The smallest absolute Gasteiger partial charge is 0.338 e. The molecule has 2 heterocycles. The number of carbonyl (C=O) groups is 2. The second-order valence-corrected chi connectivity index (χ2v) is 5.40. The van der Waals surface area contributed by atoms with Gasteiger partial charge in [-0.05, 0) is 35.7 Å². The third-order valence-corrected chi connectivity index (χ3v) is 3.80. The quantitative estimate of drug-likeness (QED) is 0.648. The molecule has 0 aromatic carbocycles. The summed E-state index contributed by atoms with van der Waals surface area (Å²) < 4.78 is 5.27. The lowest BCUT2D eigenvalue weighted by Gasteiger charge is -2.27. The van der Waals surface area contributed by atoms with Gasteiger partial charge in [-0.1, -0.05) is 13.3 Å². The molecule has 20 heavy (non-hydrogen) atoms. The van der Waals surface area contributed by atoms with Crippen molar-refractivity contribution >= 4 is 23.3 Å². The first-order valence-corrected chi connectivity index (χ1v) is 7.55. The fourth-order valence-electron chi connectivity index (χ4n) is 2.04. The van der Waals surface area contributed by atoms with Crippen LogP contribution in [0, 0.1) is 0 Å². The normalized spacial score (nSPS) is 18.5. The van der Waals surface area contributed by atoms with Crippen molar-refractivity contribution in [3.8, 4) is 0 Å². The van der Waals surface area contributed by atoms with Crippen molar-refractivity contribution in [3.05, 3.63) is 33.7 Å². The summed E-state index contributed by atoms with van der Waals surface area (Å²) in [7, 11) is 0. The van der Waals surface area contributed by atoms with Crippen molar-refractivity contribution in [2.24, 2.45) is 0 Å². The predicted octanol–water partition coefficient (Wildman–Crippen LogP) is 2.72. The Balaban J connectivity index is 2.22. The lowest BCUT2D eigenvalue weighted by atomic mass is 9.98. The summed E-state index contributed by atoms with van der Waals surface area (Å²) in [6.45, 7) is 4.15. The maximum Gasteiger partial charge on any atom is 0.338 e. The summed E-state index contributed by atoms with van der Waals surface area (Å²) in [5, 5.41) is 9.23. The van der Waals surface area contributed by atoms with Crippen LogP contribution in [-0.2, 0) is 9.53 Å². The molecule has 108 valence electrons. The summed E-state index contributed by atoms with van der Waals surface area (Å²) in [6.07, 6.45) is 1.80. The maximum absolute atomic E-state index is 12.2. The van der Waals surface area contributed by atoms with Gasteiger partial charge in [-0.15, -0.1) is 0 Å². The van der Waals surface area contributed by atoms with Gasteiger partial charge in [0.25, 0.3) is 0 Å². The van der Waals surface area contributed by atoms with E-state index in [4.69, 9.17) is 4.74 Å². The molecule has 5 nitrogen and oxygen atoms in total. The topological polar surface area (TPSA) is 67.4 Å². The van der Waals surface area contributed by atoms with E-state index < -0.39 is 6.04 Å². The van der Waals surface area contributed by atoms with Crippen LogP contribution in [-0.4, -0.2) is 18.6 Å². The van der Waals surface area contributed by atoms with Gasteiger partial charge in [-0.25, -0.2) is 9.59 Å². The van der Waals surface area contributed by atoms with E-state index in [-0.39, 0.29) is 12.0 Å². The lowest BCUT2D eigenvalue weighted by molar-refractivity contribution is -0.139. The molecular formula is C14H18N2O3S. The number of urea groups is 1. The molecule has 2 rings (SSSR count). The van der Waals surface area contributed by atoms with Gasteiger partial charge in [0, 0.05) is 5.70 Å². The minimum absolute atomic E-state index is 0.302. The molecule has 1 aromatic heterocycles. The molecule has 1 aliphatic heterocycles. The van der Waals surface area contributed by atoms with Gasteiger partial charge in [0.05, 0.1) is 18.2 Å². The van der Waals surface area contributed by atoms with Gasteiger partial charge in [-0.3, -0.25) is 0 Å². The molecule has 0 radical (unpaired) electrons. The second-order valence-electron chi connectivity index (χ2n) is 4.62. The minimum Gasteiger partial charge on any atom is -0.462 e. The van der Waals surface area contributed by atoms with Crippen LogP contribution in [0.2, 0.25) is 0 Å². The average molecular weight is 294 g/mol. The van der Waals surface area contributed by atoms with E-state index >= 15 is 0 Å². The average Bonchev–Trinajstić information content (AvgIpc) is 2.91. The van der Waals surface area contributed by atoms with Crippen LogP contribution in [0.4, 0.5) is 4.79 Å². The fourth-order valence-corrected chi connectivity index (χ4v) is 2.73. The Labute approximate surface area is 122 Å². The third kappa shape index (κ3) is 3.19. The Kier molecular flexibility index (Phi) is 4.79. The molecule has 6 heteroatoms. The molecule has 0 saturated heterocycles. The number of nitrogens with one attached hydrogen (secondary N) is 2. The summed E-state index contributed by atoms with van der Waals surface area (Å²) in [5.74, 6) is -0.375. The first kappa shape index (κ1) is 14.6. The number of amides is 2. The van der Waals surface area contributed by atoms with Gasteiger partial charge in [0.2, 0.25) is 0 Å². The molecule has 1 aliphatic rings. The van der Waals surface area contributed by atoms with E-state index in [1.807, 2.05) is 23.8 Å². The number of carbonyl (C=O) groups excluding carboxylic acids is 2. The van der Waals surface area contributed by atoms with Crippen LogP contribution in [0.25, 0.3) is 0 Å². The summed E-state index contributed by atoms with van der Waals surface area (Å²) in [5.41, 5.74) is 1.91. The molecular weight excluding hydrogens is 276 g/mol. The third-order valence-electron chi connectivity index (χ3n) is 3.10. The Bertz CT molecular complexity index is 523. The van der Waals surface area contributed by atoms with Crippen molar-refractivity contribution in [2.75, 3.05) is 6.61 Å². The summed E-state index contributed by atoms with van der Waals surface area (Å²) in [4.78, 5) is 23.8. The highest BCUT2D eigenvalue weighted by atomic mass is 32.1. The first-order valence-electron chi connectivity index (χ1n) is 6.61. The summed E-state index contributed by atoms with van der Waals surface area (Å²) in [6, 6.07) is 1.15. The number of allylic oxidation sites excluding steroid dienone is 1. The second kappa shape index (κ2) is 6.56. The minimum atomic E-state index is -0.441. The van der Waals surface area contributed by atoms with Crippen LogP contribution < -0.4 is 10.6 Å². The van der Waals surface area contributed by atoms with Crippen LogP contribution in [0.5, 0.6) is 0 Å². The SMILES string of the molecule is CCCCOC(=O)C1=C(C)NC(=O)NC1c1ccsc1. The molecule has 2 N–H and O–H groups in total. The highest BCUT2D eigenvalue weighted by Crippen LogP contribution is 2.28. The lowest BCUT2D eigenvalue weighted by Crippen LogP contribution is -2.45. The van der Waals surface area contributed by atoms with Crippen LogP contribution in [0.1, 0.15) is 38.3 Å². The number of unbranched alkanes of at least 4 members (excludes halogenated alkanes) is 1. The monoisotopic (exact) mass is 294 g/mol. The molecule has 1 unspecified atom stereocenters.